The van der Waals surface area contributed by atoms with Crippen molar-refractivity contribution in [1.29, 1.82) is 0 Å². The molecule has 2 unspecified atom stereocenters. The molecule has 0 fully saturated rings. The molecule has 0 amide bonds. The second kappa shape index (κ2) is 15.2. The zero-order chi connectivity index (χ0) is 15.1. The minimum Gasteiger partial charge on any atom is -0.438 e. The highest BCUT2D eigenvalue weighted by atomic mass is 29.2. The first-order valence-corrected chi connectivity index (χ1v) is 13.7. The molecule has 0 aliphatic rings. The quantitative estimate of drug-likeness (QED) is 0.287. The monoisotopic (exact) mass is 316 g/mol. The Morgan fingerprint density at radius 2 is 1.40 bits per heavy atom. The van der Waals surface area contributed by atoms with Crippen molar-refractivity contribution < 1.29 is 14.3 Å². The number of ether oxygens (including phenoxy) is 2. The van der Waals surface area contributed by atoms with Gasteiger partial charge < -0.3 is 14.3 Å². The smallest absolute Gasteiger partial charge is 0.157 e. The first kappa shape index (κ1) is 19.8. The summed E-state index contributed by atoms with van der Waals surface area (Å²) in [5.41, 5.74) is 0. The Morgan fingerprint density at radius 3 is 1.90 bits per heavy atom. The third-order valence-corrected chi connectivity index (χ3v) is 12.9. The van der Waals surface area contributed by atoms with E-state index in [2.05, 4.69) is 19.7 Å². The SMILES string of the molecule is C=CCOCCCC[SiH](C)[SiH](O)CCCCOCC=C. The predicted molar refractivity (Wildman–Crippen MR) is 92.5 cm³/mol. The molecule has 0 aliphatic heterocycles. The molecule has 118 valence electrons. The van der Waals surface area contributed by atoms with Gasteiger partial charge in [0.2, 0.25) is 0 Å². The minimum atomic E-state index is -1.41. The van der Waals surface area contributed by atoms with E-state index in [1.165, 1.54) is 12.5 Å². The lowest BCUT2D eigenvalue weighted by Crippen LogP contribution is -2.32. The molecule has 0 aromatic carbocycles. The molecular weight excluding hydrogens is 284 g/mol. The third kappa shape index (κ3) is 12.8. The van der Waals surface area contributed by atoms with Gasteiger partial charge >= 0.3 is 0 Å². The summed E-state index contributed by atoms with van der Waals surface area (Å²) in [5, 5.41) is 0. The van der Waals surface area contributed by atoms with Gasteiger partial charge in [-0.15, -0.1) is 13.2 Å². The Labute approximate surface area is 127 Å². The summed E-state index contributed by atoms with van der Waals surface area (Å²) in [6, 6.07) is 2.33. The Hall–Kier alpha value is -0.206. The molecule has 0 heterocycles. The lowest BCUT2D eigenvalue weighted by molar-refractivity contribution is 0.159. The summed E-state index contributed by atoms with van der Waals surface area (Å²) in [6.45, 7) is 12.5. The molecule has 0 aliphatic carbocycles. The molecule has 0 aromatic heterocycles. The van der Waals surface area contributed by atoms with Crippen molar-refractivity contribution in [2.75, 3.05) is 26.4 Å². The fraction of sp³-hybridized carbons (Fsp3) is 0.733. The van der Waals surface area contributed by atoms with Crippen LogP contribution in [0.15, 0.2) is 25.3 Å². The summed E-state index contributed by atoms with van der Waals surface area (Å²) in [5.74, 6) is 0. The van der Waals surface area contributed by atoms with Crippen LogP contribution in [0.2, 0.25) is 18.6 Å². The van der Waals surface area contributed by atoms with Crippen molar-refractivity contribution in [3.8, 4) is 0 Å². The fourth-order valence-corrected chi connectivity index (χ4v) is 8.91. The fourth-order valence-electron chi connectivity index (χ4n) is 2.04. The average molecular weight is 317 g/mol. The molecule has 3 nitrogen and oxygen atoms in total. The van der Waals surface area contributed by atoms with E-state index in [-0.39, 0.29) is 0 Å². The van der Waals surface area contributed by atoms with Crippen LogP contribution in [0.25, 0.3) is 0 Å². The zero-order valence-corrected chi connectivity index (χ0v) is 15.4. The van der Waals surface area contributed by atoms with Gasteiger partial charge in [0.15, 0.2) is 8.56 Å². The zero-order valence-electron chi connectivity index (χ0n) is 13.1. The highest BCUT2D eigenvalue weighted by Crippen LogP contribution is 2.09. The summed E-state index contributed by atoms with van der Waals surface area (Å²) < 4.78 is 10.7. The average Bonchev–Trinajstić information content (AvgIpc) is 2.45. The van der Waals surface area contributed by atoms with Crippen molar-refractivity contribution in [1.82, 2.24) is 0 Å². The molecule has 1 N–H and O–H groups in total. The number of hydrogen-bond acceptors (Lipinski definition) is 3. The Morgan fingerprint density at radius 1 is 0.900 bits per heavy atom. The largest absolute Gasteiger partial charge is 0.438 e. The molecule has 20 heavy (non-hydrogen) atoms. The second-order valence-corrected chi connectivity index (χ2v) is 15.2. The maximum atomic E-state index is 10.3. The van der Waals surface area contributed by atoms with E-state index in [1.54, 1.807) is 12.2 Å². The van der Waals surface area contributed by atoms with Gasteiger partial charge in [0.1, 0.15) is 0 Å². The van der Waals surface area contributed by atoms with E-state index in [0.29, 0.717) is 13.2 Å². The maximum Gasteiger partial charge on any atom is 0.157 e. The third-order valence-electron chi connectivity index (χ3n) is 3.36. The van der Waals surface area contributed by atoms with E-state index in [0.717, 1.165) is 38.5 Å². The molecule has 0 bridgehead atoms. The van der Waals surface area contributed by atoms with E-state index in [1.807, 2.05) is 0 Å². The van der Waals surface area contributed by atoms with Crippen LogP contribution in [0.3, 0.4) is 0 Å². The topological polar surface area (TPSA) is 38.7 Å². The molecule has 0 rings (SSSR count). The predicted octanol–water partition coefficient (Wildman–Crippen LogP) is 2.60. The minimum absolute atomic E-state index is 0.638. The van der Waals surface area contributed by atoms with Gasteiger partial charge in [-0.05, 0) is 18.9 Å². The molecule has 0 saturated carbocycles. The molecule has 0 saturated heterocycles. The van der Waals surface area contributed by atoms with Crippen molar-refractivity contribution in [2.45, 2.75) is 44.3 Å². The molecule has 0 radical (unpaired) electrons. The Bertz CT molecular complexity index is 213. The van der Waals surface area contributed by atoms with Gasteiger partial charge in [0.25, 0.3) is 0 Å². The normalized spacial score (nSPS) is 13.9. The van der Waals surface area contributed by atoms with Crippen molar-refractivity contribution in [3.63, 3.8) is 0 Å². The van der Waals surface area contributed by atoms with Crippen LogP contribution in [0.1, 0.15) is 25.7 Å². The Balaban J connectivity index is 3.39. The lowest BCUT2D eigenvalue weighted by Gasteiger charge is -2.15. The standard InChI is InChI=1S/C15H32O3Si2/c1-4-10-17-12-6-8-14-19(3)20(16)15-9-7-13-18-11-5-2/h4-5,16,19-20H,1-2,6-15H2,3H3. The highest BCUT2D eigenvalue weighted by molar-refractivity contribution is 7.18. The van der Waals surface area contributed by atoms with Crippen LogP contribution in [0.4, 0.5) is 0 Å². The van der Waals surface area contributed by atoms with Crippen LogP contribution in [0, 0.1) is 0 Å². The number of unbranched alkanes of at least 4 members (excludes halogenated alkanes) is 2. The van der Waals surface area contributed by atoms with Gasteiger partial charge in [-0.2, -0.15) is 0 Å². The van der Waals surface area contributed by atoms with Crippen LogP contribution in [0.5, 0.6) is 0 Å². The molecule has 0 spiro atoms. The molecule has 2 atom stereocenters. The molecular formula is C15H32O3Si2. The van der Waals surface area contributed by atoms with E-state index < -0.39 is 16.9 Å². The van der Waals surface area contributed by atoms with Crippen molar-refractivity contribution in [2.24, 2.45) is 0 Å². The summed E-state index contributed by atoms with van der Waals surface area (Å²) in [6.07, 6.45) is 8.06. The van der Waals surface area contributed by atoms with Gasteiger partial charge in [0, 0.05) is 13.2 Å². The summed E-state index contributed by atoms with van der Waals surface area (Å²) in [4.78, 5) is 10.3. The number of rotatable bonds is 15. The van der Waals surface area contributed by atoms with Gasteiger partial charge in [-0.3, -0.25) is 0 Å². The summed E-state index contributed by atoms with van der Waals surface area (Å²) in [7, 11) is -2.27. The maximum absolute atomic E-state index is 10.3. The van der Waals surface area contributed by atoms with E-state index in [4.69, 9.17) is 9.47 Å². The van der Waals surface area contributed by atoms with Crippen molar-refractivity contribution in [3.05, 3.63) is 25.3 Å². The number of hydrogen-bond donors (Lipinski definition) is 1. The van der Waals surface area contributed by atoms with Gasteiger partial charge in [0.05, 0.1) is 21.5 Å². The van der Waals surface area contributed by atoms with Crippen LogP contribution in [-0.4, -0.2) is 48.1 Å². The van der Waals surface area contributed by atoms with Gasteiger partial charge in [-0.25, -0.2) is 0 Å². The Kier molecular flexibility index (Phi) is 15.0. The summed E-state index contributed by atoms with van der Waals surface area (Å²) >= 11 is 0. The first-order chi connectivity index (χ1) is 9.72. The van der Waals surface area contributed by atoms with Crippen LogP contribution >= 0.6 is 0 Å². The molecule has 5 heteroatoms. The van der Waals surface area contributed by atoms with Crippen LogP contribution in [-0.2, 0) is 9.47 Å². The van der Waals surface area contributed by atoms with Crippen molar-refractivity contribution >= 4 is 16.9 Å². The highest BCUT2D eigenvalue weighted by Gasteiger charge is 2.17. The van der Waals surface area contributed by atoms with E-state index >= 15 is 0 Å². The molecule has 0 aromatic rings. The first-order valence-electron chi connectivity index (χ1n) is 7.77. The second-order valence-electron chi connectivity index (χ2n) is 5.26. The van der Waals surface area contributed by atoms with E-state index in [9.17, 15) is 4.80 Å². The van der Waals surface area contributed by atoms with Crippen LogP contribution < -0.4 is 0 Å². The lowest BCUT2D eigenvalue weighted by atomic mass is 10.4. The van der Waals surface area contributed by atoms with Gasteiger partial charge in [-0.1, -0.05) is 37.6 Å².